The zero-order chi connectivity index (χ0) is 12.2. The van der Waals surface area contributed by atoms with Crippen LogP contribution in [-0.4, -0.2) is 30.1 Å². The highest BCUT2D eigenvalue weighted by Crippen LogP contribution is 2.18. The lowest BCUT2D eigenvalue weighted by Gasteiger charge is -2.21. The summed E-state index contributed by atoms with van der Waals surface area (Å²) >= 11 is 1.37. The molecule has 0 aliphatic rings. The number of nitrogens with zero attached hydrogens (tertiary/aromatic N) is 1. The van der Waals surface area contributed by atoms with Crippen molar-refractivity contribution < 1.29 is 18.0 Å². The fourth-order valence-corrected chi connectivity index (χ4v) is 1.96. The van der Waals surface area contributed by atoms with Crippen LogP contribution in [0.1, 0.15) is 11.8 Å². The van der Waals surface area contributed by atoms with Gasteiger partial charge >= 0.3 is 6.18 Å². The molecule has 0 aliphatic heterocycles. The highest BCUT2D eigenvalue weighted by molar-refractivity contribution is 7.10. The second kappa shape index (κ2) is 5.34. The maximum atomic E-state index is 12.1. The van der Waals surface area contributed by atoms with E-state index in [4.69, 9.17) is 0 Å². The predicted octanol–water partition coefficient (Wildman–Crippen LogP) is 2.70. The van der Waals surface area contributed by atoms with Gasteiger partial charge in [-0.2, -0.15) is 13.2 Å². The van der Waals surface area contributed by atoms with Crippen molar-refractivity contribution in [3.05, 3.63) is 22.4 Å². The highest BCUT2D eigenvalue weighted by atomic mass is 32.1. The van der Waals surface area contributed by atoms with Gasteiger partial charge in [-0.1, -0.05) is 6.07 Å². The molecule has 16 heavy (non-hydrogen) atoms. The molecular weight excluding hydrogens is 239 g/mol. The van der Waals surface area contributed by atoms with Crippen LogP contribution in [0.25, 0.3) is 0 Å². The van der Waals surface area contributed by atoms with E-state index in [0.717, 1.165) is 9.78 Å². The molecule has 0 atom stereocenters. The van der Waals surface area contributed by atoms with E-state index in [0.29, 0.717) is 0 Å². The van der Waals surface area contributed by atoms with E-state index in [2.05, 4.69) is 0 Å². The summed E-state index contributed by atoms with van der Waals surface area (Å²) in [4.78, 5) is 13.2. The molecule has 1 heterocycles. The molecule has 0 bridgehead atoms. The number of carbonyl (C=O) groups is 1. The average molecular weight is 251 g/mol. The van der Waals surface area contributed by atoms with Crippen LogP contribution in [0.5, 0.6) is 0 Å². The zero-order valence-electron chi connectivity index (χ0n) is 8.75. The van der Waals surface area contributed by atoms with Crippen LogP contribution in [0.2, 0.25) is 0 Å². The smallest absolute Gasteiger partial charge is 0.334 e. The van der Waals surface area contributed by atoms with E-state index < -0.39 is 18.6 Å². The minimum Gasteiger partial charge on any atom is -0.334 e. The molecule has 0 unspecified atom stereocenters. The summed E-state index contributed by atoms with van der Waals surface area (Å²) in [6.45, 7) is 0.440. The summed E-state index contributed by atoms with van der Waals surface area (Å²) in [6, 6.07) is 3.51. The Morgan fingerprint density at radius 1 is 1.50 bits per heavy atom. The van der Waals surface area contributed by atoms with Crippen LogP contribution in [0.15, 0.2) is 17.5 Å². The van der Waals surface area contributed by atoms with Gasteiger partial charge in [-0.3, -0.25) is 4.79 Å². The fourth-order valence-electron chi connectivity index (χ4n) is 1.27. The Balaban J connectivity index is 2.56. The molecule has 0 N–H and O–H groups in total. The molecule has 6 heteroatoms. The van der Waals surface area contributed by atoms with Gasteiger partial charge in [0.05, 0.1) is 6.42 Å². The Morgan fingerprint density at radius 2 is 2.19 bits per heavy atom. The molecule has 0 aromatic carbocycles. The number of likely N-dealkylation sites (N-methyl/N-ethyl adjacent to an activating group) is 1. The predicted molar refractivity (Wildman–Crippen MR) is 56.3 cm³/mol. The first-order valence-electron chi connectivity index (χ1n) is 4.79. The lowest BCUT2D eigenvalue weighted by atomic mass is 10.3. The van der Waals surface area contributed by atoms with Crippen LogP contribution < -0.4 is 0 Å². The summed E-state index contributed by atoms with van der Waals surface area (Å²) < 4.78 is 36.4. The zero-order valence-corrected chi connectivity index (χ0v) is 9.57. The second-order valence-corrected chi connectivity index (χ2v) is 4.31. The normalized spacial score (nSPS) is 11.5. The van der Waals surface area contributed by atoms with E-state index in [-0.39, 0.29) is 13.0 Å². The van der Waals surface area contributed by atoms with Crippen LogP contribution in [0.4, 0.5) is 13.2 Å². The van der Waals surface area contributed by atoms with Gasteiger partial charge in [-0.25, -0.2) is 0 Å². The molecule has 0 saturated heterocycles. The molecule has 1 aromatic rings. The molecular formula is C10H12F3NOS. The molecule has 1 amide bonds. The lowest BCUT2D eigenvalue weighted by Crippen LogP contribution is -2.39. The number of amides is 1. The Morgan fingerprint density at radius 3 is 2.62 bits per heavy atom. The Hall–Kier alpha value is -1.04. The second-order valence-electron chi connectivity index (χ2n) is 3.28. The number of hydrogen-bond donors (Lipinski definition) is 0. The molecule has 1 aromatic heterocycles. The molecule has 0 aliphatic carbocycles. The Bertz CT molecular complexity index is 334. The number of alkyl halides is 3. The third-order valence-electron chi connectivity index (χ3n) is 2.01. The molecule has 2 nitrogen and oxygen atoms in total. The maximum absolute atomic E-state index is 12.1. The number of hydrogen-bond acceptors (Lipinski definition) is 2. The summed E-state index contributed by atoms with van der Waals surface area (Å²) in [5, 5.41) is 1.79. The van der Waals surface area contributed by atoms with Gasteiger partial charge in [-0.05, 0) is 18.4 Å². The SMILES string of the molecule is CCN(CC(F)(F)F)C(=O)Cc1cccs1. The molecule has 90 valence electrons. The molecule has 0 fully saturated rings. The van der Waals surface area contributed by atoms with Gasteiger partial charge in [0.25, 0.3) is 0 Å². The van der Waals surface area contributed by atoms with E-state index in [1.54, 1.807) is 17.5 Å². The third kappa shape index (κ3) is 4.22. The molecule has 0 radical (unpaired) electrons. The maximum Gasteiger partial charge on any atom is 0.406 e. The monoisotopic (exact) mass is 251 g/mol. The van der Waals surface area contributed by atoms with Crippen LogP contribution in [-0.2, 0) is 11.2 Å². The first-order chi connectivity index (χ1) is 7.42. The van der Waals surface area contributed by atoms with Gasteiger partial charge in [-0.15, -0.1) is 11.3 Å². The van der Waals surface area contributed by atoms with Crippen LogP contribution in [0, 0.1) is 0 Å². The van der Waals surface area contributed by atoms with Crippen molar-refractivity contribution in [1.82, 2.24) is 4.90 Å². The standard InChI is InChI=1S/C10H12F3NOS/c1-2-14(7-10(11,12)13)9(15)6-8-4-3-5-16-8/h3-5H,2,6-7H2,1H3. The summed E-state index contributed by atoms with van der Waals surface area (Å²) in [7, 11) is 0. The van der Waals surface area contributed by atoms with E-state index in [1.165, 1.54) is 18.3 Å². The van der Waals surface area contributed by atoms with Gasteiger partial charge in [0.1, 0.15) is 6.54 Å². The number of rotatable bonds is 4. The first-order valence-corrected chi connectivity index (χ1v) is 5.67. The number of halogens is 3. The molecule has 0 saturated carbocycles. The Labute approximate surface area is 95.7 Å². The summed E-state index contributed by atoms with van der Waals surface area (Å²) in [5.74, 6) is -0.484. The summed E-state index contributed by atoms with van der Waals surface area (Å²) in [5.41, 5.74) is 0. The van der Waals surface area contributed by atoms with Gasteiger partial charge in [0, 0.05) is 11.4 Å². The van der Waals surface area contributed by atoms with Crippen molar-refractivity contribution in [2.75, 3.05) is 13.1 Å². The third-order valence-corrected chi connectivity index (χ3v) is 2.89. The molecule has 1 rings (SSSR count). The minimum absolute atomic E-state index is 0.0432. The van der Waals surface area contributed by atoms with Crippen LogP contribution in [0.3, 0.4) is 0 Å². The van der Waals surface area contributed by atoms with E-state index >= 15 is 0 Å². The molecule has 0 spiro atoms. The van der Waals surface area contributed by atoms with Crippen molar-refractivity contribution in [2.45, 2.75) is 19.5 Å². The van der Waals surface area contributed by atoms with Crippen molar-refractivity contribution in [3.8, 4) is 0 Å². The van der Waals surface area contributed by atoms with Crippen molar-refractivity contribution in [2.24, 2.45) is 0 Å². The quantitative estimate of drug-likeness (QED) is 0.805. The largest absolute Gasteiger partial charge is 0.406 e. The average Bonchev–Trinajstić information content (AvgIpc) is 2.65. The highest BCUT2D eigenvalue weighted by Gasteiger charge is 2.32. The number of thiophene rings is 1. The minimum atomic E-state index is -4.33. The van der Waals surface area contributed by atoms with Gasteiger partial charge in [0.2, 0.25) is 5.91 Å². The first kappa shape index (κ1) is 13.0. The summed E-state index contributed by atoms with van der Waals surface area (Å²) in [6.07, 6.45) is -4.29. The van der Waals surface area contributed by atoms with Gasteiger partial charge in [0.15, 0.2) is 0 Å². The van der Waals surface area contributed by atoms with Crippen molar-refractivity contribution in [3.63, 3.8) is 0 Å². The lowest BCUT2D eigenvalue weighted by molar-refractivity contribution is -0.160. The van der Waals surface area contributed by atoms with E-state index in [9.17, 15) is 18.0 Å². The van der Waals surface area contributed by atoms with Crippen molar-refractivity contribution in [1.29, 1.82) is 0 Å². The number of carbonyl (C=O) groups excluding carboxylic acids is 1. The fraction of sp³-hybridized carbons (Fsp3) is 0.500. The van der Waals surface area contributed by atoms with Crippen molar-refractivity contribution >= 4 is 17.2 Å². The van der Waals surface area contributed by atoms with E-state index in [1.807, 2.05) is 0 Å². The Kier molecular flexibility index (Phi) is 4.35. The van der Waals surface area contributed by atoms with Gasteiger partial charge < -0.3 is 4.90 Å². The topological polar surface area (TPSA) is 20.3 Å². The van der Waals surface area contributed by atoms with Crippen LogP contribution >= 0.6 is 11.3 Å².